The molecule has 0 bridgehead atoms. The van der Waals surface area contributed by atoms with Gasteiger partial charge in [-0.05, 0) is 24.3 Å². The summed E-state index contributed by atoms with van der Waals surface area (Å²) in [7, 11) is 0. The smallest absolute Gasteiger partial charge is 0.240 e. The number of amides is 2. The van der Waals surface area contributed by atoms with E-state index in [0.717, 1.165) is 21.8 Å². The second-order valence-electron chi connectivity index (χ2n) is 6.14. The first-order valence-electron chi connectivity index (χ1n) is 8.58. The van der Waals surface area contributed by atoms with Crippen LogP contribution in [0.3, 0.4) is 0 Å². The molecule has 2 heterocycles. The van der Waals surface area contributed by atoms with Gasteiger partial charge in [-0.25, -0.2) is 4.68 Å². The number of carbonyl (C=O) groups is 2. The third-order valence-electron chi connectivity index (χ3n) is 4.26. The van der Waals surface area contributed by atoms with Crippen molar-refractivity contribution in [2.45, 2.75) is 11.4 Å². The van der Waals surface area contributed by atoms with Gasteiger partial charge in [0, 0.05) is 23.2 Å². The van der Waals surface area contributed by atoms with Gasteiger partial charge in [0.05, 0.1) is 23.3 Å². The van der Waals surface area contributed by atoms with Gasteiger partial charge in [-0.3, -0.25) is 9.59 Å². The van der Waals surface area contributed by atoms with Gasteiger partial charge < -0.3 is 10.2 Å². The summed E-state index contributed by atoms with van der Waals surface area (Å²) in [6.07, 6.45) is 3.61. The number of aromatic nitrogens is 2. The van der Waals surface area contributed by atoms with Crippen molar-refractivity contribution in [2.24, 2.45) is 0 Å². The standard InChI is InChI=1S/C20H18N4O2S/c25-19(13-23-17-8-4-5-9-18(17)27-14-20(23)26)21-10-15-11-22-24(12-15)16-6-2-1-3-7-16/h1-9,11-12H,10,13-14H2,(H,21,25). The zero-order chi connectivity index (χ0) is 18.6. The van der Waals surface area contributed by atoms with Crippen LogP contribution < -0.4 is 10.2 Å². The monoisotopic (exact) mass is 378 g/mol. The van der Waals surface area contributed by atoms with Crippen LogP contribution in [0, 0.1) is 0 Å². The normalized spacial score (nSPS) is 13.3. The quantitative estimate of drug-likeness (QED) is 0.741. The van der Waals surface area contributed by atoms with E-state index in [4.69, 9.17) is 0 Å². The molecular formula is C20H18N4O2S. The molecule has 0 fully saturated rings. The number of benzene rings is 2. The van der Waals surface area contributed by atoms with E-state index < -0.39 is 0 Å². The Hall–Kier alpha value is -3.06. The van der Waals surface area contributed by atoms with Crippen molar-refractivity contribution in [2.75, 3.05) is 17.2 Å². The Morgan fingerprint density at radius 2 is 1.89 bits per heavy atom. The van der Waals surface area contributed by atoms with Crippen molar-refractivity contribution >= 4 is 29.3 Å². The average Bonchev–Trinajstić information content (AvgIpc) is 3.18. The number of nitrogens with one attached hydrogen (secondary N) is 1. The predicted molar refractivity (Wildman–Crippen MR) is 105 cm³/mol. The second-order valence-corrected chi connectivity index (χ2v) is 7.16. The molecule has 136 valence electrons. The molecule has 1 N–H and O–H groups in total. The first-order valence-corrected chi connectivity index (χ1v) is 9.57. The van der Waals surface area contributed by atoms with Gasteiger partial charge in [-0.15, -0.1) is 11.8 Å². The molecule has 27 heavy (non-hydrogen) atoms. The summed E-state index contributed by atoms with van der Waals surface area (Å²) in [5.74, 6) is 0.108. The number of hydrogen-bond acceptors (Lipinski definition) is 4. The van der Waals surface area contributed by atoms with Crippen molar-refractivity contribution in [1.82, 2.24) is 15.1 Å². The number of hydrogen-bond donors (Lipinski definition) is 1. The molecule has 0 unspecified atom stereocenters. The molecule has 0 radical (unpaired) electrons. The molecule has 6 nitrogen and oxygen atoms in total. The molecule has 2 amide bonds. The summed E-state index contributed by atoms with van der Waals surface area (Å²) < 4.78 is 1.77. The van der Waals surface area contributed by atoms with E-state index in [1.165, 1.54) is 11.8 Å². The van der Waals surface area contributed by atoms with Crippen molar-refractivity contribution < 1.29 is 9.59 Å². The van der Waals surface area contributed by atoms with Crippen LogP contribution in [0.4, 0.5) is 5.69 Å². The lowest BCUT2D eigenvalue weighted by Gasteiger charge is -2.28. The Kier molecular flexibility index (Phi) is 4.93. The van der Waals surface area contributed by atoms with Gasteiger partial charge in [0.2, 0.25) is 11.8 Å². The fourth-order valence-electron chi connectivity index (χ4n) is 2.90. The van der Waals surface area contributed by atoms with E-state index in [1.54, 1.807) is 15.8 Å². The van der Waals surface area contributed by atoms with Crippen molar-refractivity contribution in [1.29, 1.82) is 0 Å². The topological polar surface area (TPSA) is 67.2 Å². The largest absolute Gasteiger partial charge is 0.350 e. The molecule has 7 heteroatoms. The molecule has 1 aliphatic heterocycles. The SMILES string of the molecule is O=C(CN1C(=O)CSc2ccccc21)NCc1cnn(-c2ccccc2)c1. The summed E-state index contributed by atoms with van der Waals surface area (Å²) in [5, 5.41) is 7.19. The van der Waals surface area contributed by atoms with Crippen LogP contribution in [0.1, 0.15) is 5.56 Å². The van der Waals surface area contributed by atoms with E-state index >= 15 is 0 Å². The average molecular weight is 378 g/mol. The number of anilines is 1. The zero-order valence-electron chi connectivity index (χ0n) is 14.5. The Morgan fingerprint density at radius 3 is 2.74 bits per heavy atom. The minimum absolute atomic E-state index is 0.0171. The lowest BCUT2D eigenvalue weighted by Crippen LogP contribution is -2.43. The lowest BCUT2D eigenvalue weighted by atomic mass is 10.2. The molecule has 0 aliphatic carbocycles. The number of carbonyl (C=O) groups excluding carboxylic acids is 2. The number of rotatable bonds is 5. The van der Waals surface area contributed by atoms with Crippen LogP contribution in [-0.4, -0.2) is 33.9 Å². The minimum atomic E-state index is -0.197. The van der Waals surface area contributed by atoms with E-state index in [2.05, 4.69) is 10.4 Å². The van der Waals surface area contributed by atoms with Crippen LogP contribution in [0.2, 0.25) is 0 Å². The van der Waals surface area contributed by atoms with Gasteiger partial charge in [0.15, 0.2) is 0 Å². The van der Waals surface area contributed by atoms with Gasteiger partial charge in [-0.2, -0.15) is 5.10 Å². The minimum Gasteiger partial charge on any atom is -0.350 e. The molecule has 3 aromatic rings. The molecule has 0 saturated heterocycles. The number of fused-ring (bicyclic) bond motifs is 1. The summed E-state index contributed by atoms with van der Waals surface area (Å²) in [4.78, 5) is 27.2. The fraction of sp³-hybridized carbons (Fsp3) is 0.150. The maximum Gasteiger partial charge on any atom is 0.240 e. The highest BCUT2D eigenvalue weighted by molar-refractivity contribution is 8.00. The molecule has 0 spiro atoms. The molecule has 2 aromatic carbocycles. The maximum atomic E-state index is 12.4. The van der Waals surface area contributed by atoms with Gasteiger partial charge >= 0.3 is 0 Å². The fourth-order valence-corrected chi connectivity index (χ4v) is 3.84. The predicted octanol–water partition coefficient (Wildman–Crippen LogP) is 2.63. The molecule has 1 aromatic heterocycles. The number of para-hydroxylation sites is 2. The highest BCUT2D eigenvalue weighted by Gasteiger charge is 2.26. The number of thioether (sulfide) groups is 1. The highest BCUT2D eigenvalue weighted by atomic mass is 32.2. The molecule has 0 atom stereocenters. The third-order valence-corrected chi connectivity index (χ3v) is 5.30. The zero-order valence-corrected chi connectivity index (χ0v) is 15.4. The van der Waals surface area contributed by atoms with E-state index in [-0.39, 0.29) is 18.4 Å². The lowest BCUT2D eigenvalue weighted by molar-refractivity contribution is -0.123. The van der Waals surface area contributed by atoms with Crippen LogP contribution in [-0.2, 0) is 16.1 Å². The van der Waals surface area contributed by atoms with Gasteiger partial charge in [0.25, 0.3) is 0 Å². The Labute approximate surface area is 161 Å². The van der Waals surface area contributed by atoms with Crippen molar-refractivity contribution in [3.05, 3.63) is 72.6 Å². The second kappa shape index (κ2) is 7.67. The van der Waals surface area contributed by atoms with Gasteiger partial charge in [0.1, 0.15) is 6.54 Å². The number of nitrogens with zero attached hydrogens (tertiary/aromatic N) is 3. The third kappa shape index (κ3) is 3.88. The van der Waals surface area contributed by atoms with Crippen LogP contribution in [0.25, 0.3) is 5.69 Å². The van der Waals surface area contributed by atoms with Crippen molar-refractivity contribution in [3.63, 3.8) is 0 Å². The molecule has 4 rings (SSSR count). The summed E-state index contributed by atoms with van der Waals surface area (Å²) in [6, 6.07) is 17.4. The molecule has 1 aliphatic rings. The molecular weight excluding hydrogens is 360 g/mol. The van der Waals surface area contributed by atoms with Crippen LogP contribution >= 0.6 is 11.8 Å². The Balaban J connectivity index is 1.38. The Bertz CT molecular complexity index is 971. The summed E-state index contributed by atoms with van der Waals surface area (Å²) in [5.41, 5.74) is 2.65. The van der Waals surface area contributed by atoms with E-state index in [1.807, 2.05) is 60.8 Å². The molecule has 0 saturated carbocycles. The summed E-state index contributed by atoms with van der Waals surface area (Å²) >= 11 is 1.50. The van der Waals surface area contributed by atoms with Crippen molar-refractivity contribution in [3.8, 4) is 5.69 Å². The van der Waals surface area contributed by atoms with E-state index in [9.17, 15) is 9.59 Å². The Morgan fingerprint density at radius 1 is 1.11 bits per heavy atom. The maximum absolute atomic E-state index is 12.4. The van der Waals surface area contributed by atoms with E-state index in [0.29, 0.717) is 12.3 Å². The first kappa shape index (κ1) is 17.4. The first-order chi connectivity index (χ1) is 13.2. The summed E-state index contributed by atoms with van der Waals surface area (Å²) in [6.45, 7) is 0.382. The van der Waals surface area contributed by atoms with Crippen LogP contribution in [0.5, 0.6) is 0 Å². The van der Waals surface area contributed by atoms with Crippen LogP contribution in [0.15, 0.2) is 71.9 Å². The van der Waals surface area contributed by atoms with Gasteiger partial charge in [-0.1, -0.05) is 30.3 Å². The highest BCUT2D eigenvalue weighted by Crippen LogP contribution is 2.34.